The smallest absolute Gasteiger partial charge is 0.189 e. The predicted octanol–water partition coefficient (Wildman–Crippen LogP) is 3.38. The average molecular weight is 263 g/mol. The lowest BCUT2D eigenvalue weighted by atomic mass is 10.1. The maximum Gasteiger partial charge on any atom is 0.189 e. The van der Waals surface area contributed by atoms with Crippen LogP contribution in [0.3, 0.4) is 0 Å². The summed E-state index contributed by atoms with van der Waals surface area (Å²) in [6, 6.07) is 9.78. The second-order valence-corrected chi connectivity index (χ2v) is 4.39. The highest BCUT2D eigenvalue weighted by molar-refractivity contribution is 6.11. The highest BCUT2D eigenvalue weighted by atomic mass is 16.1. The van der Waals surface area contributed by atoms with Crippen LogP contribution in [-0.4, -0.2) is 20.7 Å². The minimum atomic E-state index is -0.0711. The van der Waals surface area contributed by atoms with Gasteiger partial charge in [0.2, 0.25) is 0 Å². The van der Waals surface area contributed by atoms with Crippen LogP contribution in [0.25, 0.3) is 22.4 Å². The Kier molecular flexibility index (Phi) is 3.13. The minimum absolute atomic E-state index is 0.0711. The Morgan fingerprint density at radius 1 is 1.25 bits per heavy atom. The fraction of sp³-hybridized carbons (Fsp3) is 0.0625. The van der Waals surface area contributed by atoms with Crippen molar-refractivity contribution < 1.29 is 4.79 Å². The van der Waals surface area contributed by atoms with Crippen molar-refractivity contribution in [2.45, 2.75) is 6.92 Å². The lowest BCUT2D eigenvalue weighted by molar-refractivity contribution is 0.104. The monoisotopic (exact) mass is 263 g/mol. The minimum Gasteiger partial charge on any atom is -0.344 e. The molecule has 1 N–H and O–H groups in total. The predicted molar refractivity (Wildman–Crippen MR) is 78.5 cm³/mol. The number of nitrogens with zero attached hydrogens (tertiary/aromatic N) is 2. The number of aromatic amines is 1. The number of nitrogens with one attached hydrogen (secondary N) is 1. The molecule has 2 heterocycles. The number of H-pyrrole nitrogens is 1. The molecule has 20 heavy (non-hydrogen) atoms. The maximum atomic E-state index is 12.0. The van der Waals surface area contributed by atoms with Gasteiger partial charge in [0.25, 0.3) is 0 Å². The summed E-state index contributed by atoms with van der Waals surface area (Å²) >= 11 is 0. The molecule has 0 aliphatic heterocycles. The summed E-state index contributed by atoms with van der Waals surface area (Å²) in [7, 11) is 0. The molecule has 4 heteroatoms. The number of aromatic nitrogens is 3. The Hall–Kier alpha value is -2.75. The van der Waals surface area contributed by atoms with E-state index in [1.807, 2.05) is 37.3 Å². The zero-order valence-corrected chi connectivity index (χ0v) is 11.0. The van der Waals surface area contributed by atoms with Crippen molar-refractivity contribution in [1.82, 2.24) is 15.0 Å². The molecule has 0 aliphatic rings. The number of carbonyl (C=O) groups is 1. The highest BCUT2D eigenvalue weighted by Crippen LogP contribution is 2.21. The molecule has 3 aromatic rings. The number of carbonyl (C=O) groups excluding carboxylic acids is 1. The molecule has 0 aliphatic carbocycles. The van der Waals surface area contributed by atoms with E-state index in [-0.39, 0.29) is 5.78 Å². The van der Waals surface area contributed by atoms with E-state index < -0.39 is 0 Å². The van der Waals surface area contributed by atoms with Gasteiger partial charge in [-0.2, -0.15) is 0 Å². The lowest BCUT2D eigenvalue weighted by Crippen LogP contribution is -1.95. The molecule has 0 spiro atoms. The topological polar surface area (TPSA) is 58.6 Å². The van der Waals surface area contributed by atoms with Gasteiger partial charge in [-0.15, -0.1) is 0 Å². The molecule has 4 nitrogen and oxygen atoms in total. The number of fused-ring (bicyclic) bond motifs is 1. The first-order valence-electron chi connectivity index (χ1n) is 6.36. The number of rotatable bonds is 3. The Balaban J connectivity index is 2.15. The molecule has 2 aromatic heterocycles. The van der Waals surface area contributed by atoms with Crippen LogP contribution in [-0.2, 0) is 0 Å². The van der Waals surface area contributed by atoms with Gasteiger partial charge in [-0.25, -0.2) is 9.97 Å². The lowest BCUT2D eigenvalue weighted by Gasteiger charge is -2.00. The average Bonchev–Trinajstić information content (AvgIpc) is 2.91. The number of hydrogen-bond donors (Lipinski definition) is 1. The summed E-state index contributed by atoms with van der Waals surface area (Å²) in [5, 5.41) is 0. The van der Waals surface area contributed by atoms with E-state index in [9.17, 15) is 4.79 Å². The summed E-state index contributed by atoms with van der Waals surface area (Å²) in [4.78, 5) is 23.9. The molecular formula is C16H13N3O. The first-order valence-corrected chi connectivity index (χ1v) is 6.36. The van der Waals surface area contributed by atoms with Gasteiger partial charge in [0.1, 0.15) is 5.52 Å². The van der Waals surface area contributed by atoms with Crippen LogP contribution < -0.4 is 0 Å². The fourth-order valence-corrected chi connectivity index (χ4v) is 2.07. The van der Waals surface area contributed by atoms with Crippen LogP contribution in [0.15, 0.2) is 54.9 Å². The van der Waals surface area contributed by atoms with Gasteiger partial charge in [0, 0.05) is 11.8 Å². The van der Waals surface area contributed by atoms with Crippen LogP contribution in [0.4, 0.5) is 0 Å². The van der Waals surface area contributed by atoms with E-state index >= 15 is 0 Å². The van der Waals surface area contributed by atoms with E-state index in [1.54, 1.807) is 18.5 Å². The van der Waals surface area contributed by atoms with Gasteiger partial charge < -0.3 is 4.98 Å². The van der Waals surface area contributed by atoms with E-state index in [2.05, 4.69) is 15.0 Å². The van der Waals surface area contributed by atoms with Gasteiger partial charge in [-0.1, -0.05) is 36.4 Å². The first kappa shape index (κ1) is 12.3. The molecule has 0 saturated carbocycles. The summed E-state index contributed by atoms with van der Waals surface area (Å²) in [5.74, 6) is -0.0711. The second-order valence-electron chi connectivity index (χ2n) is 4.39. The third kappa shape index (κ3) is 2.12. The van der Waals surface area contributed by atoms with Gasteiger partial charge in [0.15, 0.2) is 11.4 Å². The number of benzene rings is 1. The van der Waals surface area contributed by atoms with E-state index in [0.717, 1.165) is 11.3 Å². The molecule has 3 rings (SSSR count). The Labute approximate surface area is 116 Å². The highest BCUT2D eigenvalue weighted by Gasteiger charge is 2.12. The summed E-state index contributed by atoms with van der Waals surface area (Å²) in [5.41, 5.74) is 3.51. The third-order valence-corrected chi connectivity index (χ3v) is 3.03. The zero-order valence-electron chi connectivity index (χ0n) is 11.0. The molecule has 0 fully saturated rings. The summed E-state index contributed by atoms with van der Waals surface area (Å²) < 4.78 is 0. The molecule has 0 bridgehead atoms. The summed E-state index contributed by atoms with van der Waals surface area (Å²) in [6.07, 6.45) is 6.61. The van der Waals surface area contributed by atoms with Crippen LogP contribution in [0.1, 0.15) is 17.3 Å². The molecule has 0 saturated heterocycles. The van der Waals surface area contributed by atoms with Crippen LogP contribution in [0, 0.1) is 0 Å². The second kappa shape index (κ2) is 5.09. The maximum absolute atomic E-state index is 12.0. The normalized spacial score (nSPS) is 11.2. The molecule has 1 aromatic carbocycles. The first-order chi connectivity index (χ1) is 9.79. The SMILES string of the molecule is CC=CC(=O)c1c[nH]c2ncc(-c3ccccc3)nc12. The number of allylic oxidation sites excluding steroid dienone is 2. The van der Waals surface area contributed by atoms with Gasteiger partial charge in [0.05, 0.1) is 17.5 Å². The van der Waals surface area contributed by atoms with Gasteiger partial charge >= 0.3 is 0 Å². The Morgan fingerprint density at radius 3 is 2.80 bits per heavy atom. The number of hydrogen-bond acceptors (Lipinski definition) is 3. The van der Waals surface area contributed by atoms with E-state index in [1.165, 1.54) is 6.08 Å². The summed E-state index contributed by atoms with van der Waals surface area (Å²) in [6.45, 7) is 1.81. The van der Waals surface area contributed by atoms with E-state index in [0.29, 0.717) is 16.7 Å². The quantitative estimate of drug-likeness (QED) is 0.582. The molecule has 0 atom stereocenters. The van der Waals surface area contributed by atoms with Crippen LogP contribution in [0.2, 0.25) is 0 Å². The molecule has 0 unspecified atom stereocenters. The van der Waals surface area contributed by atoms with Crippen molar-refractivity contribution in [3.05, 3.63) is 60.4 Å². The fourth-order valence-electron chi connectivity index (χ4n) is 2.07. The van der Waals surface area contributed by atoms with Crippen molar-refractivity contribution >= 4 is 16.9 Å². The third-order valence-electron chi connectivity index (χ3n) is 3.03. The van der Waals surface area contributed by atoms with Crippen molar-refractivity contribution in [1.29, 1.82) is 0 Å². The van der Waals surface area contributed by atoms with Crippen molar-refractivity contribution in [2.75, 3.05) is 0 Å². The number of ketones is 1. The van der Waals surface area contributed by atoms with Gasteiger partial charge in [-0.05, 0) is 13.0 Å². The van der Waals surface area contributed by atoms with Crippen molar-refractivity contribution in [3.8, 4) is 11.3 Å². The standard InChI is InChI=1S/C16H13N3O/c1-2-6-14(20)12-9-17-16-15(12)19-13(10-18-16)11-7-4-3-5-8-11/h2-10H,1H3,(H,17,18). The Morgan fingerprint density at radius 2 is 2.05 bits per heavy atom. The van der Waals surface area contributed by atoms with Crippen molar-refractivity contribution in [2.24, 2.45) is 0 Å². The molecule has 0 amide bonds. The van der Waals surface area contributed by atoms with Gasteiger partial charge in [-0.3, -0.25) is 4.79 Å². The van der Waals surface area contributed by atoms with Crippen LogP contribution >= 0.6 is 0 Å². The molecular weight excluding hydrogens is 250 g/mol. The van der Waals surface area contributed by atoms with Crippen molar-refractivity contribution in [3.63, 3.8) is 0 Å². The van der Waals surface area contributed by atoms with E-state index in [4.69, 9.17) is 0 Å². The zero-order chi connectivity index (χ0) is 13.9. The largest absolute Gasteiger partial charge is 0.344 e. The molecule has 98 valence electrons. The molecule has 0 radical (unpaired) electrons. The van der Waals surface area contributed by atoms with Crippen LogP contribution in [0.5, 0.6) is 0 Å². The Bertz CT molecular complexity index is 788.